The molecule has 3 amide bonds. The summed E-state index contributed by atoms with van der Waals surface area (Å²) in [4.78, 5) is 51.3. The number of esters is 1. The van der Waals surface area contributed by atoms with Crippen LogP contribution in [0.4, 0.5) is 15.3 Å². The van der Waals surface area contributed by atoms with Crippen molar-refractivity contribution < 1.29 is 28.8 Å². The first-order chi connectivity index (χ1) is 17.7. The van der Waals surface area contributed by atoms with Crippen LogP contribution >= 0.6 is 0 Å². The lowest BCUT2D eigenvalue weighted by Gasteiger charge is -2.37. The molecule has 0 saturated carbocycles. The Hall–Kier alpha value is -4.45. The maximum Gasteiger partial charge on any atom is 0.408 e. The quantitative estimate of drug-likeness (QED) is 0.256. The number of rotatable bonds is 5. The van der Waals surface area contributed by atoms with Crippen molar-refractivity contribution in [2.24, 2.45) is 0 Å². The second-order valence-corrected chi connectivity index (χ2v) is 10.0. The van der Waals surface area contributed by atoms with Gasteiger partial charge in [-0.3, -0.25) is 10.1 Å². The molecule has 1 saturated heterocycles. The van der Waals surface area contributed by atoms with E-state index in [0.29, 0.717) is 31.7 Å². The average Bonchev–Trinajstić information content (AvgIpc) is 2.83. The summed E-state index contributed by atoms with van der Waals surface area (Å²) in [5.41, 5.74) is -1.34. The minimum atomic E-state index is -1.21. The Morgan fingerprint density at radius 1 is 1.03 bits per heavy atom. The highest BCUT2D eigenvalue weighted by Crippen LogP contribution is 2.15. The minimum absolute atomic E-state index is 0.00989. The summed E-state index contributed by atoms with van der Waals surface area (Å²) >= 11 is 0. The van der Waals surface area contributed by atoms with Gasteiger partial charge in [-0.15, -0.1) is 0 Å². The number of amides is 3. The minimum Gasteiger partial charge on any atom is -0.467 e. The van der Waals surface area contributed by atoms with Crippen molar-refractivity contribution in [3.8, 4) is 23.8 Å². The summed E-state index contributed by atoms with van der Waals surface area (Å²) in [6.45, 7) is 9.95. The monoisotopic (exact) mass is 527 g/mol. The number of nitrogens with one attached hydrogen (secondary N) is 2. The molecule has 2 rings (SSSR count). The lowest BCUT2D eigenvalue weighted by Crippen LogP contribution is -2.65. The van der Waals surface area contributed by atoms with E-state index >= 15 is 0 Å². The number of ether oxygens (including phenoxy) is 2. The number of hydrogen-bond acceptors (Lipinski definition) is 8. The van der Waals surface area contributed by atoms with Crippen LogP contribution in [0.2, 0.25) is 0 Å². The van der Waals surface area contributed by atoms with E-state index in [1.54, 1.807) is 51.7 Å². The maximum absolute atomic E-state index is 12.9. The molecule has 0 bridgehead atoms. The van der Waals surface area contributed by atoms with Gasteiger partial charge in [0.1, 0.15) is 5.60 Å². The molecule has 0 aliphatic carbocycles. The van der Waals surface area contributed by atoms with Crippen LogP contribution in [0.25, 0.3) is 0 Å². The van der Waals surface area contributed by atoms with Gasteiger partial charge in [-0.25, -0.2) is 14.4 Å². The highest BCUT2D eigenvalue weighted by molar-refractivity contribution is 5.85. The van der Waals surface area contributed by atoms with Crippen molar-refractivity contribution in [1.29, 1.82) is 0 Å². The predicted molar refractivity (Wildman–Crippen MR) is 139 cm³/mol. The molecule has 1 atom stereocenters. The maximum atomic E-state index is 12.9. The normalized spacial score (nSPS) is 14.1. The van der Waals surface area contributed by atoms with Crippen LogP contribution < -0.4 is 10.6 Å². The fourth-order valence-corrected chi connectivity index (χ4v) is 3.40. The van der Waals surface area contributed by atoms with Gasteiger partial charge in [-0.2, -0.15) is 0 Å². The summed E-state index contributed by atoms with van der Waals surface area (Å²) in [6, 6.07) is 7.13. The van der Waals surface area contributed by atoms with Gasteiger partial charge < -0.3 is 29.9 Å². The van der Waals surface area contributed by atoms with Gasteiger partial charge in [0.2, 0.25) is 0 Å². The third-order valence-electron chi connectivity index (χ3n) is 5.38. The summed E-state index contributed by atoms with van der Waals surface area (Å²) in [5.74, 6) is 7.57. The summed E-state index contributed by atoms with van der Waals surface area (Å²) in [5, 5.41) is 16.0. The van der Waals surface area contributed by atoms with Crippen molar-refractivity contribution in [1.82, 2.24) is 20.4 Å². The predicted octanol–water partition coefficient (Wildman–Crippen LogP) is 2.08. The van der Waals surface area contributed by atoms with Crippen LogP contribution in [0.1, 0.15) is 40.2 Å². The van der Waals surface area contributed by atoms with E-state index in [9.17, 15) is 24.5 Å². The molecule has 0 unspecified atom stereocenters. The third kappa shape index (κ3) is 9.21. The smallest absolute Gasteiger partial charge is 0.408 e. The first-order valence-corrected chi connectivity index (χ1v) is 11.9. The number of non-ortho nitro benzene ring substituents is 1. The van der Waals surface area contributed by atoms with E-state index in [2.05, 4.69) is 34.4 Å². The number of carbonyl (C=O) groups is 3. The second kappa shape index (κ2) is 12.7. The van der Waals surface area contributed by atoms with Crippen molar-refractivity contribution >= 4 is 23.8 Å². The van der Waals surface area contributed by atoms with Gasteiger partial charge in [-0.1, -0.05) is 5.92 Å². The number of alkyl carbamates (subject to hydrolysis) is 1. The Labute approximate surface area is 222 Å². The van der Waals surface area contributed by atoms with Crippen LogP contribution in [0, 0.1) is 33.9 Å². The van der Waals surface area contributed by atoms with Crippen LogP contribution in [0.5, 0.6) is 0 Å². The number of hydrogen-bond donors (Lipinski definition) is 2. The first-order valence-electron chi connectivity index (χ1n) is 11.9. The van der Waals surface area contributed by atoms with Gasteiger partial charge in [-0.05, 0) is 52.7 Å². The second-order valence-electron chi connectivity index (χ2n) is 10.0. The van der Waals surface area contributed by atoms with Gasteiger partial charge in [0.15, 0.2) is 6.04 Å². The van der Waals surface area contributed by atoms with Crippen molar-refractivity contribution in [2.75, 3.05) is 33.3 Å². The van der Waals surface area contributed by atoms with E-state index in [4.69, 9.17) is 9.47 Å². The first kappa shape index (κ1) is 29.8. The van der Waals surface area contributed by atoms with Crippen LogP contribution in [0.3, 0.4) is 0 Å². The lowest BCUT2D eigenvalue weighted by molar-refractivity contribution is -0.384. The Morgan fingerprint density at radius 2 is 1.63 bits per heavy atom. The number of benzene rings is 1. The molecule has 0 aromatic heterocycles. The number of nitro groups is 1. The number of methoxy groups -OCH3 is 1. The number of piperazine rings is 1. The molecule has 0 spiro atoms. The zero-order chi connectivity index (χ0) is 28.5. The zero-order valence-corrected chi connectivity index (χ0v) is 22.4. The lowest BCUT2D eigenvalue weighted by atomic mass is 9.94. The zero-order valence-electron chi connectivity index (χ0n) is 22.4. The number of carbonyl (C=O) groups excluding carboxylic acids is 3. The highest BCUT2D eigenvalue weighted by Gasteiger charge is 2.40. The Bertz CT molecular complexity index is 1160. The van der Waals surface area contributed by atoms with E-state index in [0.717, 1.165) is 0 Å². The van der Waals surface area contributed by atoms with E-state index in [1.165, 1.54) is 19.2 Å². The topological polar surface area (TPSA) is 143 Å². The van der Waals surface area contributed by atoms with E-state index in [-0.39, 0.29) is 5.69 Å². The average molecular weight is 528 g/mol. The number of urea groups is 1. The Kier molecular flexibility index (Phi) is 9.94. The molecule has 1 aromatic carbocycles. The summed E-state index contributed by atoms with van der Waals surface area (Å²) < 4.78 is 10.1. The fourth-order valence-electron chi connectivity index (χ4n) is 3.40. The van der Waals surface area contributed by atoms with Crippen molar-refractivity contribution in [2.45, 2.75) is 51.8 Å². The standard InChI is InChI=1S/C26H33N5O7/c1-25(2,3)38-24(34)28-26(4,5)21(22(32)37-6)27-23(33)30-17-15-29(16-18-30)14-8-7-9-19-10-12-20(13-11-19)31(35)36/h10-13,21H,15-18H2,1-6H3,(H,27,33)(H,28,34)/t21-/m1/s1. The Morgan fingerprint density at radius 3 is 2.16 bits per heavy atom. The molecule has 12 heteroatoms. The van der Waals surface area contributed by atoms with E-state index < -0.39 is 40.2 Å². The summed E-state index contributed by atoms with van der Waals surface area (Å²) in [6.07, 6.45) is -0.727. The molecule has 2 N–H and O–H groups in total. The molecule has 1 aromatic rings. The van der Waals surface area contributed by atoms with Gasteiger partial charge >= 0.3 is 18.1 Å². The molecule has 1 aliphatic rings. The molecule has 1 aliphatic heterocycles. The number of nitrogens with zero attached hydrogens (tertiary/aromatic N) is 3. The fraction of sp³-hybridized carbons (Fsp3) is 0.500. The van der Waals surface area contributed by atoms with Gasteiger partial charge in [0.05, 0.1) is 17.6 Å². The molecule has 1 heterocycles. The largest absolute Gasteiger partial charge is 0.467 e. The van der Waals surface area contributed by atoms with Gasteiger partial charge in [0, 0.05) is 55.8 Å². The SMILES string of the molecule is COC(=O)[C@@H](NC(=O)N1CCN(C#CC#Cc2ccc([N+](=O)[O-])cc2)CC1)C(C)(C)NC(=O)OC(C)(C)C. The van der Waals surface area contributed by atoms with Gasteiger partial charge in [0.25, 0.3) is 5.69 Å². The van der Waals surface area contributed by atoms with Crippen LogP contribution in [0.15, 0.2) is 24.3 Å². The Balaban J connectivity index is 1.94. The van der Waals surface area contributed by atoms with Crippen molar-refractivity contribution in [3.05, 3.63) is 39.9 Å². The van der Waals surface area contributed by atoms with Crippen LogP contribution in [-0.4, -0.2) is 83.3 Å². The molecule has 38 heavy (non-hydrogen) atoms. The van der Waals surface area contributed by atoms with Crippen molar-refractivity contribution in [3.63, 3.8) is 0 Å². The van der Waals surface area contributed by atoms with Crippen LogP contribution in [-0.2, 0) is 14.3 Å². The number of nitro benzene ring substituents is 1. The molecule has 204 valence electrons. The van der Waals surface area contributed by atoms with E-state index in [1.807, 2.05) is 4.90 Å². The molecule has 0 radical (unpaired) electrons. The molecular weight excluding hydrogens is 494 g/mol. The molecule has 1 fully saturated rings. The molecule has 12 nitrogen and oxygen atoms in total. The highest BCUT2D eigenvalue weighted by atomic mass is 16.6. The summed E-state index contributed by atoms with van der Waals surface area (Å²) in [7, 11) is 1.20. The molecular formula is C26H33N5O7. The third-order valence-corrected chi connectivity index (χ3v) is 5.38.